The molecule has 2 spiro atoms. The number of ether oxygens (including phenoxy) is 4. The van der Waals surface area contributed by atoms with E-state index in [0.717, 1.165) is 38.8 Å². The number of morpholine rings is 1. The van der Waals surface area contributed by atoms with Gasteiger partial charge in [-0.25, -0.2) is 0 Å². The van der Waals surface area contributed by atoms with E-state index in [9.17, 15) is 15.3 Å². The van der Waals surface area contributed by atoms with Gasteiger partial charge in [-0.15, -0.1) is 0 Å². The summed E-state index contributed by atoms with van der Waals surface area (Å²) in [7, 11) is 0. The van der Waals surface area contributed by atoms with E-state index in [4.69, 9.17) is 18.9 Å². The van der Waals surface area contributed by atoms with Crippen LogP contribution in [-0.4, -0.2) is 102 Å². The Morgan fingerprint density at radius 2 is 1.72 bits per heavy atom. The van der Waals surface area contributed by atoms with E-state index in [1.165, 1.54) is 25.7 Å². The van der Waals surface area contributed by atoms with Gasteiger partial charge in [-0.3, -0.25) is 4.90 Å². The van der Waals surface area contributed by atoms with Gasteiger partial charge in [0.25, 0.3) is 0 Å². The fourth-order valence-electron chi connectivity index (χ4n) is 14.1. The Hall–Kier alpha value is -0.320. The number of fused-ring (bicyclic) bond motifs is 4. The van der Waals surface area contributed by atoms with E-state index >= 15 is 0 Å². The molecule has 47 heavy (non-hydrogen) atoms. The third-order valence-electron chi connectivity index (χ3n) is 16.4. The molecule has 270 valence electrons. The molecule has 0 radical (unpaired) electrons. The van der Waals surface area contributed by atoms with Crippen LogP contribution in [0.2, 0.25) is 0 Å². The van der Waals surface area contributed by atoms with Crippen molar-refractivity contribution in [3.8, 4) is 0 Å². The molecule has 0 aromatic heterocycles. The van der Waals surface area contributed by atoms with Crippen molar-refractivity contribution in [2.45, 2.75) is 162 Å². The Labute approximate surface area is 284 Å². The Balaban J connectivity index is 1.12. The minimum atomic E-state index is -1.02. The van der Waals surface area contributed by atoms with Crippen molar-refractivity contribution >= 4 is 0 Å². The van der Waals surface area contributed by atoms with Crippen LogP contribution in [0.5, 0.6) is 0 Å². The van der Waals surface area contributed by atoms with Crippen molar-refractivity contribution in [1.82, 2.24) is 4.90 Å². The highest BCUT2D eigenvalue weighted by atomic mass is 16.7. The molecule has 7 aliphatic rings. The van der Waals surface area contributed by atoms with Gasteiger partial charge in [0.15, 0.2) is 6.29 Å². The van der Waals surface area contributed by atoms with Gasteiger partial charge in [0.1, 0.15) is 6.10 Å². The van der Waals surface area contributed by atoms with E-state index in [0.29, 0.717) is 47.7 Å². The number of rotatable bonds is 8. The summed E-state index contributed by atoms with van der Waals surface area (Å²) in [5, 5.41) is 33.4. The van der Waals surface area contributed by atoms with Gasteiger partial charge in [0.05, 0.1) is 43.2 Å². The summed E-state index contributed by atoms with van der Waals surface area (Å²) in [6, 6.07) is 0.120. The molecule has 7 rings (SSSR count). The molecule has 5 aliphatic carbocycles. The van der Waals surface area contributed by atoms with Crippen LogP contribution < -0.4 is 0 Å². The van der Waals surface area contributed by atoms with Crippen molar-refractivity contribution in [3.63, 3.8) is 0 Å². The van der Waals surface area contributed by atoms with Crippen molar-refractivity contribution < 1.29 is 34.3 Å². The molecule has 3 N–H and O–H groups in total. The van der Waals surface area contributed by atoms with E-state index in [1.54, 1.807) is 0 Å². The van der Waals surface area contributed by atoms with Gasteiger partial charge in [-0.05, 0) is 124 Å². The Morgan fingerprint density at radius 3 is 2.40 bits per heavy atom. The monoisotopic (exact) mass is 661 g/mol. The number of nitrogens with zero attached hydrogens (tertiary/aromatic N) is 1. The third-order valence-corrected chi connectivity index (χ3v) is 16.4. The van der Waals surface area contributed by atoms with Crippen LogP contribution >= 0.6 is 0 Å². The number of aliphatic hydroxyl groups is 3. The lowest BCUT2D eigenvalue weighted by Crippen LogP contribution is -2.60. The third kappa shape index (κ3) is 4.80. The van der Waals surface area contributed by atoms with Crippen LogP contribution in [0.15, 0.2) is 0 Å². The molecule has 5 saturated carbocycles. The maximum Gasteiger partial charge on any atom is 0.170 e. The van der Waals surface area contributed by atoms with E-state index < -0.39 is 17.8 Å². The Morgan fingerprint density at radius 1 is 1.02 bits per heavy atom. The minimum absolute atomic E-state index is 0.00950. The quantitative estimate of drug-likeness (QED) is 0.318. The lowest BCUT2D eigenvalue weighted by molar-refractivity contribution is -0.251. The van der Waals surface area contributed by atoms with Crippen molar-refractivity contribution in [3.05, 3.63) is 0 Å². The highest BCUT2D eigenvalue weighted by molar-refractivity contribution is 5.33. The molecule has 2 aliphatic heterocycles. The fraction of sp³-hybridized carbons (Fsp3) is 1.00. The second-order valence-corrected chi connectivity index (χ2v) is 19.0. The summed E-state index contributed by atoms with van der Waals surface area (Å²) in [4.78, 5) is 2.30. The summed E-state index contributed by atoms with van der Waals surface area (Å²) in [5.74, 6) is 1.78. The zero-order valence-corrected chi connectivity index (χ0v) is 31.0. The van der Waals surface area contributed by atoms with Crippen molar-refractivity contribution in [2.24, 2.45) is 50.7 Å². The zero-order valence-electron chi connectivity index (χ0n) is 31.0. The first-order chi connectivity index (χ1) is 22.0. The predicted molar refractivity (Wildman–Crippen MR) is 181 cm³/mol. The first-order valence-corrected chi connectivity index (χ1v) is 19.3. The van der Waals surface area contributed by atoms with Crippen LogP contribution in [0.3, 0.4) is 0 Å². The first-order valence-electron chi connectivity index (χ1n) is 19.3. The molecule has 2 saturated heterocycles. The standard InChI is InChI=1S/C39H67NO7/c1-10-44-33(35(6,7)43)25-19-23(2)30-31(46-25)32(42)37(9)27-12-11-26-34(4,5)28(47-29-20-40(17-18-45-29)24(3)21-41)13-14-38(26)22-39(27,38)16-15-36(30,37)8/h23-33,41-43H,10-22H2,1-9H3/t23-,24-,25-,26+,27+,28+,29+,30?,31+,32+,33+,36-,37-,38-,39+/m1/s1. The van der Waals surface area contributed by atoms with Gasteiger partial charge in [0.2, 0.25) is 0 Å². The highest BCUT2D eigenvalue weighted by Crippen LogP contribution is 2.89. The normalized spacial score (nSPS) is 52.0. The van der Waals surface area contributed by atoms with Gasteiger partial charge in [0, 0.05) is 31.2 Å². The molecule has 0 amide bonds. The largest absolute Gasteiger partial charge is 0.395 e. The molecule has 0 aromatic carbocycles. The molecule has 7 fully saturated rings. The fourth-order valence-corrected chi connectivity index (χ4v) is 14.1. The van der Waals surface area contributed by atoms with Crippen molar-refractivity contribution in [2.75, 3.05) is 32.9 Å². The topological polar surface area (TPSA) is 101 Å². The zero-order chi connectivity index (χ0) is 33.9. The molecule has 0 aromatic rings. The molecular weight excluding hydrogens is 594 g/mol. The summed E-state index contributed by atoms with van der Waals surface area (Å²) in [6.07, 6.45) is 7.71. The lowest BCUT2D eigenvalue weighted by Gasteiger charge is -2.64. The van der Waals surface area contributed by atoms with E-state index in [-0.39, 0.29) is 53.5 Å². The molecule has 8 nitrogen and oxygen atoms in total. The molecule has 0 bridgehead atoms. The van der Waals surface area contributed by atoms with Crippen LogP contribution in [0.25, 0.3) is 0 Å². The average Bonchev–Trinajstić information content (AvgIpc) is 3.65. The van der Waals surface area contributed by atoms with Crippen LogP contribution in [0, 0.1) is 50.7 Å². The van der Waals surface area contributed by atoms with Crippen LogP contribution in [0.4, 0.5) is 0 Å². The van der Waals surface area contributed by atoms with Crippen molar-refractivity contribution in [1.29, 1.82) is 0 Å². The van der Waals surface area contributed by atoms with Crippen LogP contribution in [-0.2, 0) is 18.9 Å². The first kappa shape index (κ1) is 35.1. The maximum atomic E-state index is 12.6. The molecule has 8 heteroatoms. The summed E-state index contributed by atoms with van der Waals surface area (Å²) in [5.41, 5.74) is -0.558. The maximum absolute atomic E-state index is 12.6. The highest BCUT2D eigenvalue weighted by Gasteiger charge is 2.84. The van der Waals surface area contributed by atoms with Gasteiger partial charge >= 0.3 is 0 Å². The second kappa shape index (κ2) is 11.6. The summed E-state index contributed by atoms with van der Waals surface area (Å²) < 4.78 is 26.1. The van der Waals surface area contributed by atoms with E-state index in [1.807, 2.05) is 20.8 Å². The Bertz CT molecular complexity index is 1170. The number of aliphatic hydroxyl groups excluding tert-OH is 2. The molecule has 15 atom stereocenters. The van der Waals surface area contributed by atoms with Gasteiger partial charge < -0.3 is 34.3 Å². The minimum Gasteiger partial charge on any atom is -0.395 e. The second-order valence-electron chi connectivity index (χ2n) is 19.0. The molecule has 2 heterocycles. The average molecular weight is 662 g/mol. The van der Waals surface area contributed by atoms with Crippen LogP contribution in [0.1, 0.15) is 114 Å². The van der Waals surface area contributed by atoms with E-state index in [2.05, 4.69) is 46.4 Å². The number of hydrogen-bond acceptors (Lipinski definition) is 8. The SMILES string of the molecule is CCO[C@@H]([C@H]1C[C@@H](C)C2[C@H](O1)[C@H](O)[C@@]1(C)[C@@H]3CC[C@H]4C(C)(C)[C@@H](O[C@H]5CN([C@H](C)CO)CCO5)CC[C@@]45C[C@@]35CC[C@]21C)C(C)(C)O. The molecule has 1 unspecified atom stereocenters. The lowest BCUT2D eigenvalue weighted by atomic mass is 9.41. The van der Waals surface area contributed by atoms with Gasteiger partial charge in [-0.2, -0.15) is 0 Å². The molecular formula is C39H67NO7. The van der Waals surface area contributed by atoms with Gasteiger partial charge in [-0.1, -0.05) is 34.6 Å². The Kier molecular flexibility index (Phi) is 8.66. The smallest absolute Gasteiger partial charge is 0.170 e. The predicted octanol–water partition coefficient (Wildman–Crippen LogP) is 5.40. The summed E-state index contributed by atoms with van der Waals surface area (Å²) >= 11 is 0. The summed E-state index contributed by atoms with van der Waals surface area (Å²) in [6.45, 7) is 22.9. The number of hydrogen-bond donors (Lipinski definition) is 3.